The quantitative estimate of drug-likeness (QED) is 0.236. The van der Waals surface area contributed by atoms with E-state index in [0.29, 0.717) is 39.2 Å². The average molecular weight is 572 g/mol. The van der Waals surface area contributed by atoms with Gasteiger partial charge in [-0.25, -0.2) is 0 Å². The number of hydrogen-bond acceptors (Lipinski definition) is 4. The highest BCUT2D eigenvalue weighted by Crippen LogP contribution is 2.26. The Morgan fingerprint density at radius 2 is 1.37 bits per heavy atom. The second-order valence-corrected chi connectivity index (χ2v) is 9.39. The first-order chi connectivity index (χ1) is 18.4. The summed E-state index contributed by atoms with van der Waals surface area (Å²) in [5, 5.41) is 2.80. The lowest BCUT2D eigenvalue weighted by Crippen LogP contribution is -2.41. The van der Waals surface area contributed by atoms with Gasteiger partial charge in [0.25, 0.3) is 17.7 Å². The molecular formula is C30H26BrN3O4. The van der Waals surface area contributed by atoms with E-state index in [1.165, 1.54) is 5.56 Å². The van der Waals surface area contributed by atoms with E-state index in [-0.39, 0.29) is 5.91 Å². The number of carbonyl (C=O) groups is 3. The Morgan fingerprint density at radius 1 is 0.711 bits per heavy atom. The summed E-state index contributed by atoms with van der Waals surface area (Å²) in [6.07, 6.45) is 0.765. The Bertz CT molecular complexity index is 1440. The number of anilines is 1. The highest BCUT2D eigenvalue weighted by Gasteiger charge is 2.12. The van der Waals surface area contributed by atoms with Crippen LogP contribution < -0.4 is 20.9 Å². The van der Waals surface area contributed by atoms with Crippen LogP contribution in [0.15, 0.2) is 102 Å². The third-order valence-corrected chi connectivity index (χ3v) is 6.28. The molecule has 8 heteroatoms. The highest BCUT2D eigenvalue weighted by atomic mass is 79.9. The minimum Gasteiger partial charge on any atom is -0.492 e. The molecular weight excluding hydrogens is 546 g/mol. The van der Waals surface area contributed by atoms with Crippen LogP contribution in [-0.2, 0) is 6.42 Å². The minimum atomic E-state index is -0.491. The Morgan fingerprint density at radius 3 is 2.05 bits per heavy atom. The van der Waals surface area contributed by atoms with Crippen molar-refractivity contribution in [2.24, 2.45) is 0 Å². The largest absolute Gasteiger partial charge is 0.492 e. The van der Waals surface area contributed by atoms with Gasteiger partial charge in [-0.3, -0.25) is 25.2 Å². The van der Waals surface area contributed by atoms with Crippen LogP contribution in [0.5, 0.6) is 5.75 Å². The number of ether oxygens (including phenoxy) is 1. The number of amides is 3. The van der Waals surface area contributed by atoms with Gasteiger partial charge in [-0.2, -0.15) is 0 Å². The van der Waals surface area contributed by atoms with E-state index in [9.17, 15) is 14.4 Å². The lowest BCUT2D eigenvalue weighted by atomic mass is 10.1. The zero-order valence-electron chi connectivity index (χ0n) is 20.7. The molecule has 192 valence electrons. The summed E-state index contributed by atoms with van der Waals surface area (Å²) in [4.78, 5) is 37.4. The Kier molecular flexibility index (Phi) is 8.89. The summed E-state index contributed by atoms with van der Waals surface area (Å²) in [6.45, 7) is 2.41. The van der Waals surface area contributed by atoms with Crippen LogP contribution in [0.4, 0.5) is 5.69 Å². The molecule has 0 radical (unpaired) electrons. The van der Waals surface area contributed by atoms with Crippen LogP contribution in [0.3, 0.4) is 0 Å². The molecule has 0 saturated heterocycles. The molecule has 4 rings (SSSR count). The van der Waals surface area contributed by atoms with E-state index >= 15 is 0 Å². The van der Waals surface area contributed by atoms with Gasteiger partial charge >= 0.3 is 0 Å². The molecule has 3 amide bonds. The van der Waals surface area contributed by atoms with Crippen molar-refractivity contribution in [1.29, 1.82) is 0 Å². The van der Waals surface area contributed by atoms with Crippen molar-refractivity contribution in [2.45, 2.75) is 13.3 Å². The van der Waals surface area contributed by atoms with Gasteiger partial charge in [0.15, 0.2) is 0 Å². The molecule has 0 saturated carbocycles. The van der Waals surface area contributed by atoms with Gasteiger partial charge in [0, 0.05) is 28.8 Å². The SMILES string of the molecule is Cc1cccc(C(=O)Nc2ccc(C(=O)NNC(=O)c3ccc(OCCc4ccccc4)c(Br)c3)cc2)c1. The molecule has 4 aromatic carbocycles. The molecule has 0 unspecified atom stereocenters. The molecule has 3 N–H and O–H groups in total. The van der Waals surface area contributed by atoms with Crippen LogP contribution in [0.1, 0.15) is 42.2 Å². The number of halogens is 1. The number of benzene rings is 4. The fraction of sp³-hybridized carbons (Fsp3) is 0.100. The first-order valence-electron chi connectivity index (χ1n) is 11.9. The number of hydrazine groups is 1. The van der Waals surface area contributed by atoms with E-state index in [4.69, 9.17) is 4.74 Å². The van der Waals surface area contributed by atoms with Gasteiger partial charge in [0.1, 0.15) is 5.75 Å². The van der Waals surface area contributed by atoms with Crippen LogP contribution in [0, 0.1) is 6.92 Å². The maximum atomic E-state index is 12.5. The molecule has 0 aliphatic rings. The smallest absolute Gasteiger partial charge is 0.269 e. The standard InChI is InChI=1S/C30H26BrN3O4/c1-20-6-5-9-23(18-20)28(35)32-25-13-10-22(11-14-25)29(36)33-34-30(37)24-12-15-27(26(31)19-24)38-17-16-21-7-3-2-4-8-21/h2-15,18-19H,16-17H2,1H3,(H,32,35)(H,33,36)(H,34,37). The molecule has 38 heavy (non-hydrogen) atoms. The van der Waals surface area contributed by atoms with Crippen molar-refractivity contribution in [3.8, 4) is 5.75 Å². The third-order valence-electron chi connectivity index (χ3n) is 5.66. The van der Waals surface area contributed by atoms with Crippen molar-refractivity contribution >= 4 is 39.3 Å². The molecule has 0 bridgehead atoms. The molecule has 0 aromatic heterocycles. The van der Waals surface area contributed by atoms with Crippen LogP contribution in [0.25, 0.3) is 0 Å². The van der Waals surface area contributed by atoms with Crippen molar-refractivity contribution in [3.05, 3.63) is 129 Å². The number of nitrogens with one attached hydrogen (secondary N) is 3. The van der Waals surface area contributed by atoms with E-state index in [2.05, 4.69) is 32.1 Å². The van der Waals surface area contributed by atoms with Gasteiger partial charge in [0.2, 0.25) is 0 Å². The molecule has 0 heterocycles. The van der Waals surface area contributed by atoms with Crippen molar-refractivity contribution < 1.29 is 19.1 Å². The van der Waals surface area contributed by atoms with E-state index in [0.717, 1.165) is 12.0 Å². The first kappa shape index (κ1) is 26.6. The molecule has 0 aliphatic carbocycles. The fourth-order valence-corrected chi connectivity index (χ4v) is 4.13. The number of hydrogen-bond donors (Lipinski definition) is 3. The second-order valence-electron chi connectivity index (χ2n) is 8.54. The lowest BCUT2D eigenvalue weighted by molar-refractivity contribution is 0.0846. The summed E-state index contributed by atoms with van der Waals surface area (Å²) in [7, 11) is 0. The Balaban J connectivity index is 1.26. The van der Waals surface area contributed by atoms with Gasteiger partial charge in [-0.15, -0.1) is 0 Å². The Labute approximate surface area is 229 Å². The summed E-state index contributed by atoms with van der Waals surface area (Å²) in [5.74, 6) is -0.584. The molecule has 0 aliphatic heterocycles. The average Bonchev–Trinajstić information content (AvgIpc) is 2.93. The molecule has 0 atom stereocenters. The van der Waals surface area contributed by atoms with E-state index < -0.39 is 11.8 Å². The van der Waals surface area contributed by atoms with Gasteiger partial charge in [0.05, 0.1) is 11.1 Å². The second kappa shape index (κ2) is 12.7. The first-order valence-corrected chi connectivity index (χ1v) is 12.7. The maximum Gasteiger partial charge on any atom is 0.269 e. The van der Waals surface area contributed by atoms with Gasteiger partial charge < -0.3 is 10.1 Å². The highest BCUT2D eigenvalue weighted by molar-refractivity contribution is 9.10. The number of rotatable bonds is 8. The predicted molar refractivity (Wildman–Crippen MR) is 150 cm³/mol. The fourth-order valence-electron chi connectivity index (χ4n) is 3.64. The maximum absolute atomic E-state index is 12.5. The topological polar surface area (TPSA) is 96.5 Å². The number of aryl methyl sites for hydroxylation is 1. The summed E-state index contributed by atoms with van der Waals surface area (Å²) < 4.78 is 6.45. The van der Waals surface area contributed by atoms with E-state index in [1.807, 2.05) is 49.4 Å². The monoisotopic (exact) mass is 571 g/mol. The normalized spacial score (nSPS) is 10.4. The third kappa shape index (κ3) is 7.30. The van der Waals surface area contributed by atoms with Crippen LogP contribution in [0.2, 0.25) is 0 Å². The Hall–Kier alpha value is -4.43. The lowest BCUT2D eigenvalue weighted by Gasteiger charge is -2.11. The predicted octanol–water partition coefficient (Wildman–Crippen LogP) is 5.71. The molecule has 0 fully saturated rings. The molecule has 4 aromatic rings. The van der Waals surface area contributed by atoms with Gasteiger partial charge in [-0.05, 0) is 83.0 Å². The molecule has 0 spiro atoms. The number of carbonyl (C=O) groups excluding carboxylic acids is 3. The summed E-state index contributed by atoms with van der Waals surface area (Å²) >= 11 is 3.44. The van der Waals surface area contributed by atoms with Crippen LogP contribution >= 0.6 is 15.9 Å². The van der Waals surface area contributed by atoms with Crippen molar-refractivity contribution in [3.63, 3.8) is 0 Å². The minimum absolute atomic E-state index is 0.239. The van der Waals surface area contributed by atoms with E-state index in [1.54, 1.807) is 54.6 Å². The zero-order valence-corrected chi connectivity index (χ0v) is 22.2. The molecule has 7 nitrogen and oxygen atoms in total. The summed E-state index contributed by atoms with van der Waals surface area (Å²) in [6, 6.07) is 28.6. The van der Waals surface area contributed by atoms with Crippen molar-refractivity contribution in [1.82, 2.24) is 10.9 Å². The van der Waals surface area contributed by atoms with Crippen molar-refractivity contribution in [2.75, 3.05) is 11.9 Å². The zero-order chi connectivity index (χ0) is 26.9. The van der Waals surface area contributed by atoms with Crippen LogP contribution in [-0.4, -0.2) is 24.3 Å². The summed E-state index contributed by atoms with van der Waals surface area (Å²) in [5.41, 5.74) is 8.75. The van der Waals surface area contributed by atoms with Gasteiger partial charge in [-0.1, -0.05) is 48.0 Å².